The van der Waals surface area contributed by atoms with Crippen molar-refractivity contribution >= 4 is 16.9 Å². The molecule has 1 aromatic carbocycles. The van der Waals surface area contributed by atoms with Gasteiger partial charge in [-0.2, -0.15) is 0 Å². The molecule has 3 aromatic rings. The standard InChI is InChI=1S/C21H27N5O2/c1-12-19(17(27)10-16-20(12)28-13(2)22-16)15-6-7-18(25-24-15)26-9-8-14(11-26)23-21(3,4)5/h6-7,10,14,23,27H,8-9,11H2,1-5H3. The molecule has 28 heavy (non-hydrogen) atoms. The fourth-order valence-electron chi connectivity index (χ4n) is 3.97. The average Bonchev–Trinajstić information content (AvgIpc) is 3.20. The van der Waals surface area contributed by atoms with Gasteiger partial charge >= 0.3 is 0 Å². The first-order chi connectivity index (χ1) is 13.2. The molecule has 0 bridgehead atoms. The largest absolute Gasteiger partial charge is 0.507 e. The van der Waals surface area contributed by atoms with E-state index >= 15 is 0 Å². The van der Waals surface area contributed by atoms with Gasteiger partial charge in [-0.25, -0.2) is 4.98 Å². The van der Waals surface area contributed by atoms with Crippen molar-refractivity contribution in [3.05, 3.63) is 29.7 Å². The highest BCUT2D eigenvalue weighted by Crippen LogP contribution is 2.37. The number of benzene rings is 1. The molecule has 1 aliphatic heterocycles. The summed E-state index contributed by atoms with van der Waals surface area (Å²) in [7, 11) is 0. The predicted octanol–water partition coefficient (Wildman–Crippen LogP) is 3.57. The van der Waals surface area contributed by atoms with Gasteiger partial charge < -0.3 is 19.7 Å². The molecule has 7 nitrogen and oxygen atoms in total. The number of phenolic OH excluding ortho intramolecular Hbond substituents is 1. The zero-order valence-electron chi connectivity index (χ0n) is 17.1. The Balaban J connectivity index is 1.58. The lowest BCUT2D eigenvalue weighted by Gasteiger charge is -2.26. The number of rotatable bonds is 3. The van der Waals surface area contributed by atoms with E-state index in [1.807, 2.05) is 19.1 Å². The van der Waals surface area contributed by atoms with Crippen LogP contribution in [0.2, 0.25) is 0 Å². The van der Waals surface area contributed by atoms with Crippen LogP contribution in [0, 0.1) is 13.8 Å². The van der Waals surface area contributed by atoms with E-state index in [0.717, 1.165) is 30.9 Å². The van der Waals surface area contributed by atoms with E-state index in [0.29, 0.717) is 34.3 Å². The van der Waals surface area contributed by atoms with Crippen molar-refractivity contribution in [3.8, 4) is 17.0 Å². The molecule has 0 radical (unpaired) electrons. The van der Waals surface area contributed by atoms with E-state index < -0.39 is 0 Å². The number of anilines is 1. The van der Waals surface area contributed by atoms with Crippen molar-refractivity contribution in [2.24, 2.45) is 0 Å². The first kappa shape index (κ1) is 18.7. The Bertz CT molecular complexity index is 1000. The van der Waals surface area contributed by atoms with Gasteiger partial charge in [0.25, 0.3) is 0 Å². The third-order valence-corrected chi connectivity index (χ3v) is 5.06. The number of aryl methyl sites for hydroxylation is 2. The molecule has 4 rings (SSSR count). The van der Waals surface area contributed by atoms with E-state index in [2.05, 4.69) is 46.2 Å². The minimum absolute atomic E-state index is 0.100. The molecule has 1 aliphatic rings. The summed E-state index contributed by atoms with van der Waals surface area (Å²) >= 11 is 0. The maximum atomic E-state index is 10.5. The molecule has 1 fully saturated rings. The molecule has 0 amide bonds. The third kappa shape index (κ3) is 3.54. The van der Waals surface area contributed by atoms with Gasteiger partial charge in [0, 0.05) is 43.2 Å². The van der Waals surface area contributed by atoms with Crippen LogP contribution in [0.1, 0.15) is 38.6 Å². The van der Waals surface area contributed by atoms with Crippen molar-refractivity contribution < 1.29 is 9.52 Å². The number of aromatic nitrogens is 3. The lowest BCUT2D eigenvalue weighted by molar-refractivity contribution is 0.373. The summed E-state index contributed by atoms with van der Waals surface area (Å²) in [6.45, 7) is 12.1. The highest BCUT2D eigenvalue weighted by molar-refractivity contribution is 5.88. The van der Waals surface area contributed by atoms with E-state index in [1.54, 1.807) is 13.0 Å². The second-order valence-electron chi connectivity index (χ2n) is 8.58. The number of oxazole rings is 1. The van der Waals surface area contributed by atoms with Crippen molar-refractivity contribution in [2.75, 3.05) is 18.0 Å². The van der Waals surface area contributed by atoms with Gasteiger partial charge in [-0.1, -0.05) is 0 Å². The van der Waals surface area contributed by atoms with Crippen LogP contribution in [0.5, 0.6) is 5.75 Å². The van der Waals surface area contributed by atoms with Crippen molar-refractivity contribution in [1.29, 1.82) is 0 Å². The number of phenols is 1. The number of aromatic hydroxyl groups is 1. The topological polar surface area (TPSA) is 87.3 Å². The van der Waals surface area contributed by atoms with Gasteiger partial charge in [0.15, 0.2) is 17.3 Å². The minimum atomic E-state index is 0.100. The molecule has 1 saturated heterocycles. The second-order valence-corrected chi connectivity index (χ2v) is 8.58. The SMILES string of the molecule is Cc1nc2cc(O)c(-c3ccc(N4CCC(NC(C)(C)C)C4)nn3)c(C)c2o1. The zero-order chi connectivity index (χ0) is 20.1. The van der Waals surface area contributed by atoms with Crippen LogP contribution in [-0.2, 0) is 0 Å². The zero-order valence-corrected chi connectivity index (χ0v) is 17.1. The molecule has 0 aliphatic carbocycles. The Morgan fingerprint density at radius 2 is 2.00 bits per heavy atom. The molecule has 7 heteroatoms. The van der Waals surface area contributed by atoms with E-state index in [-0.39, 0.29) is 11.3 Å². The molecule has 2 aromatic heterocycles. The quantitative estimate of drug-likeness (QED) is 0.717. The lowest BCUT2D eigenvalue weighted by Crippen LogP contribution is -2.45. The Morgan fingerprint density at radius 1 is 1.21 bits per heavy atom. The van der Waals surface area contributed by atoms with Gasteiger partial charge in [-0.3, -0.25) is 0 Å². The maximum absolute atomic E-state index is 10.5. The van der Waals surface area contributed by atoms with E-state index in [1.165, 1.54) is 0 Å². The summed E-state index contributed by atoms with van der Waals surface area (Å²) in [6, 6.07) is 5.94. The summed E-state index contributed by atoms with van der Waals surface area (Å²) < 4.78 is 5.69. The first-order valence-electron chi connectivity index (χ1n) is 9.68. The number of fused-ring (bicyclic) bond motifs is 1. The van der Waals surface area contributed by atoms with Crippen LogP contribution in [0.15, 0.2) is 22.6 Å². The molecule has 1 atom stereocenters. The van der Waals surface area contributed by atoms with Crippen LogP contribution in [0.3, 0.4) is 0 Å². The van der Waals surface area contributed by atoms with Crippen LogP contribution < -0.4 is 10.2 Å². The lowest BCUT2D eigenvalue weighted by atomic mass is 10.0. The normalized spacial score (nSPS) is 17.6. The highest BCUT2D eigenvalue weighted by Gasteiger charge is 2.27. The monoisotopic (exact) mass is 381 g/mol. The Labute approximate surface area is 164 Å². The van der Waals surface area contributed by atoms with E-state index in [4.69, 9.17) is 4.42 Å². The highest BCUT2D eigenvalue weighted by atomic mass is 16.3. The molecule has 1 unspecified atom stereocenters. The van der Waals surface area contributed by atoms with Gasteiger partial charge in [0.1, 0.15) is 11.3 Å². The number of hydrogen-bond donors (Lipinski definition) is 2. The third-order valence-electron chi connectivity index (χ3n) is 5.06. The molecule has 3 heterocycles. The van der Waals surface area contributed by atoms with Crippen LogP contribution >= 0.6 is 0 Å². The molecule has 148 valence electrons. The van der Waals surface area contributed by atoms with Gasteiger partial charge in [-0.15, -0.1) is 10.2 Å². The van der Waals surface area contributed by atoms with Crippen molar-refractivity contribution in [1.82, 2.24) is 20.5 Å². The van der Waals surface area contributed by atoms with Gasteiger partial charge in [0.05, 0.1) is 11.3 Å². The summed E-state index contributed by atoms with van der Waals surface area (Å²) in [5, 5.41) is 23.0. The number of nitrogens with zero attached hydrogens (tertiary/aromatic N) is 4. The molecule has 0 spiro atoms. The summed E-state index contributed by atoms with van der Waals surface area (Å²) in [5.41, 5.74) is 3.49. The summed E-state index contributed by atoms with van der Waals surface area (Å²) in [5.74, 6) is 1.56. The van der Waals surface area contributed by atoms with Gasteiger partial charge in [0.2, 0.25) is 0 Å². The molecule has 0 saturated carbocycles. The van der Waals surface area contributed by atoms with Crippen molar-refractivity contribution in [2.45, 2.75) is 52.6 Å². The average molecular weight is 381 g/mol. The van der Waals surface area contributed by atoms with Crippen LogP contribution in [-0.4, -0.2) is 45.0 Å². The second kappa shape index (κ2) is 6.74. The molecular formula is C21H27N5O2. The Hall–Kier alpha value is -2.67. The smallest absolute Gasteiger partial charge is 0.192 e. The maximum Gasteiger partial charge on any atom is 0.192 e. The van der Waals surface area contributed by atoms with Gasteiger partial charge in [-0.05, 0) is 46.2 Å². The fraction of sp³-hybridized carbons (Fsp3) is 0.476. The predicted molar refractivity (Wildman–Crippen MR) is 110 cm³/mol. The minimum Gasteiger partial charge on any atom is -0.507 e. The molecular weight excluding hydrogens is 354 g/mol. The fourth-order valence-corrected chi connectivity index (χ4v) is 3.97. The Morgan fingerprint density at radius 3 is 2.68 bits per heavy atom. The van der Waals surface area contributed by atoms with Crippen molar-refractivity contribution in [3.63, 3.8) is 0 Å². The summed E-state index contributed by atoms with van der Waals surface area (Å²) in [6.07, 6.45) is 1.09. The Kier molecular flexibility index (Phi) is 4.50. The van der Waals surface area contributed by atoms with Crippen LogP contribution in [0.25, 0.3) is 22.4 Å². The number of nitrogens with one attached hydrogen (secondary N) is 1. The number of hydrogen-bond acceptors (Lipinski definition) is 7. The summed E-state index contributed by atoms with van der Waals surface area (Å²) in [4.78, 5) is 6.54. The molecule has 2 N–H and O–H groups in total. The van der Waals surface area contributed by atoms with E-state index in [9.17, 15) is 5.11 Å². The van der Waals surface area contributed by atoms with Crippen LogP contribution in [0.4, 0.5) is 5.82 Å². The first-order valence-corrected chi connectivity index (χ1v) is 9.68.